The Morgan fingerprint density at radius 3 is 0.889 bits per heavy atom. The number of likely N-dealkylation sites (tertiary alicyclic amines) is 2. The normalized spacial score (nSPS) is 13.4. The van der Waals surface area contributed by atoms with Gasteiger partial charge in [-0.05, 0) is 128 Å². The molecule has 2 fully saturated rings. The maximum Gasteiger partial charge on any atom is 0.414 e. The molecule has 23 nitrogen and oxygen atoms in total. The Morgan fingerprint density at radius 2 is 0.698 bits per heavy atom. The number of hydrogen-bond donors (Lipinski definition) is 10. The van der Waals surface area contributed by atoms with Gasteiger partial charge >= 0.3 is 47.8 Å². The maximum absolute atomic E-state index is 9.10. The van der Waals surface area contributed by atoms with E-state index in [1.165, 1.54) is 63.0 Å². The molecule has 0 bridgehead atoms. The number of rotatable bonds is 14. The smallest absolute Gasteiger partial charge is 0.414 e. The Morgan fingerprint density at radius 1 is 0.476 bits per heavy atom. The minimum Gasteiger partial charge on any atom is -0.492 e. The highest BCUT2D eigenvalue weighted by molar-refractivity contribution is 6.28. The van der Waals surface area contributed by atoms with E-state index >= 15 is 0 Å². The molecule has 2 aromatic carbocycles. The Kier molecular flexibility index (Phi) is 35.1. The van der Waals surface area contributed by atoms with Crippen molar-refractivity contribution >= 4 is 47.8 Å². The molecule has 0 aliphatic carbocycles. The van der Waals surface area contributed by atoms with Crippen molar-refractivity contribution in [3.63, 3.8) is 0 Å². The van der Waals surface area contributed by atoms with Gasteiger partial charge in [0.25, 0.3) is 0 Å². The predicted octanol–water partition coefficient (Wildman–Crippen LogP) is 0.421. The largest absolute Gasteiger partial charge is 0.492 e. The molecule has 356 valence electrons. The minimum atomic E-state index is -1.82. The van der Waals surface area contributed by atoms with Crippen LogP contribution in [0.2, 0.25) is 0 Å². The van der Waals surface area contributed by atoms with E-state index in [4.69, 9.17) is 88.7 Å². The summed E-state index contributed by atoms with van der Waals surface area (Å²) in [6, 6.07) is 18.0. The highest BCUT2D eigenvalue weighted by Crippen LogP contribution is 2.15. The molecule has 0 amide bonds. The molecule has 2 saturated heterocycles. The van der Waals surface area contributed by atoms with Crippen molar-refractivity contribution in [2.24, 2.45) is 0 Å². The fourth-order valence-corrected chi connectivity index (χ4v) is 4.95. The molecule has 4 rings (SSSR count). The molecule has 0 radical (unpaired) electrons. The number of carboxylic acids is 8. The van der Waals surface area contributed by atoms with Crippen molar-refractivity contribution < 1.29 is 94.2 Å². The molecular weight excluding hydrogens is 840 g/mol. The molecule has 0 spiro atoms. The van der Waals surface area contributed by atoms with Crippen LogP contribution in [0.3, 0.4) is 0 Å². The first-order chi connectivity index (χ1) is 29.1. The maximum atomic E-state index is 9.10. The Labute approximate surface area is 364 Å². The molecule has 23 heteroatoms. The monoisotopic (exact) mass is 902 g/mol. The molecule has 2 aromatic rings. The molecule has 0 aromatic heterocycles. The van der Waals surface area contributed by atoms with E-state index in [-0.39, 0.29) is 5.48 Å². The Hall–Kier alpha value is -6.40. The lowest BCUT2D eigenvalue weighted by molar-refractivity contribution is -0.159. The molecule has 2 aliphatic rings. The topological polar surface area (TPSA) is 379 Å². The second kappa shape index (κ2) is 36.3. The standard InChI is InChI=1S/2C16H26N2O.4C2H2O4.H2O/c2*1-14(17-2)13-15-5-7-16(8-6-15)19-12-11-18-9-3-4-10-18;4*3-1(4)2(5)6;/h2*5-8,14,17H,3-4,9-13H2,1-2H3;4*(H,3,4)(H,5,6);1H2. The quantitative estimate of drug-likeness (QED) is 0.115. The lowest BCUT2D eigenvalue weighted by Crippen LogP contribution is -2.25. The van der Waals surface area contributed by atoms with Crippen molar-refractivity contribution in [3.05, 3.63) is 59.7 Å². The fraction of sp³-hybridized carbons (Fsp3) is 0.500. The van der Waals surface area contributed by atoms with E-state index < -0.39 is 47.8 Å². The van der Waals surface area contributed by atoms with Crippen LogP contribution in [-0.4, -0.2) is 183 Å². The Balaban J connectivity index is -0.000000756. The fourth-order valence-electron chi connectivity index (χ4n) is 4.95. The summed E-state index contributed by atoms with van der Waals surface area (Å²) in [7, 11) is 4.00. The van der Waals surface area contributed by atoms with E-state index in [9.17, 15) is 0 Å². The zero-order valence-electron chi connectivity index (χ0n) is 35.7. The van der Waals surface area contributed by atoms with Crippen molar-refractivity contribution in [2.45, 2.75) is 64.5 Å². The van der Waals surface area contributed by atoms with Crippen LogP contribution in [0.4, 0.5) is 0 Å². The first-order valence-electron chi connectivity index (χ1n) is 19.2. The van der Waals surface area contributed by atoms with Crippen molar-refractivity contribution in [3.8, 4) is 11.5 Å². The van der Waals surface area contributed by atoms with Gasteiger partial charge in [-0.2, -0.15) is 0 Å². The van der Waals surface area contributed by atoms with Crippen LogP contribution in [-0.2, 0) is 51.2 Å². The molecule has 12 N–H and O–H groups in total. The average molecular weight is 903 g/mol. The molecule has 2 unspecified atom stereocenters. The number of aliphatic carboxylic acids is 8. The third-order valence-corrected chi connectivity index (χ3v) is 8.40. The zero-order valence-corrected chi connectivity index (χ0v) is 35.7. The lowest BCUT2D eigenvalue weighted by atomic mass is 10.1. The van der Waals surface area contributed by atoms with Gasteiger partial charge in [-0.25, -0.2) is 38.4 Å². The third-order valence-electron chi connectivity index (χ3n) is 8.40. The van der Waals surface area contributed by atoms with Crippen molar-refractivity contribution in [1.29, 1.82) is 0 Å². The van der Waals surface area contributed by atoms with Crippen LogP contribution < -0.4 is 20.1 Å². The summed E-state index contributed by atoms with van der Waals surface area (Å²) < 4.78 is 11.6. The van der Waals surface area contributed by atoms with Gasteiger partial charge < -0.3 is 66.4 Å². The van der Waals surface area contributed by atoms with Crippen LogP contribution in [0.1, 0.15) is 50.7 Å². The average Bonchev–Trinajstić information content (AvgIpc) is 3.95. The number of carbonyl (C=O) groups is 8. The first kappa shape index (κ1) is 60.9. The Bertz CT molecular complexity index is 1430. The number of nitrogens with one attached hydrogen (secondary N) is 2. The van der Waals surface area contributed by atoms with Crippen LogP contribution in [0.5, 0.6) is 11.5 Å². The number of nitrogens with zero attached hydrogens (tertiary/aromatic N) is 2. The van der Waals surface area contributed by atoms with Gasteiger partial charge in [0.05, 0.1) is 0 Å². The number of benzene rings is 2. The van der Waals surface area contributed by atoms with Gasteiger partial charge in [0.15, 0.2) is 0 Å². The van der Waals surface area contributed by atoms with Crippen LogP contribution in [0.25, 0.3) is 0 Å². The van der Waals surface area contributed by atoms with Crippen molar-refractivity contribution in [1.82, 2.24) is 20.4 Å². The van der Waals surface area contributed by atoms with Gasteiger partial charge in [-0.1, -0.05) is 24.3 Å². The lowest BCUT2D eigenvalue weighted by Gasteiger charge is -2.15. The molecule has 63 heavy (non-hydrogen) atoms. The van der Waals surface area contributed by atoms with Crippen molar-refractivity contribution in [2.75, 3.05) is 66.6 Å². The zero-order chi connectivity index (χ0) is 47.6. The number of hydrogen-bond acceptors (Lipinski definition) is 14. The van der Waals surface area contributed by atoms with E-state index in [0.717, 1.165) is 50.6 Å². The molecule has 2 aliphatic heterocycles. The van der Waals surface area contributed by atoms with Gasteiger partial charge in [0, 0.05) is 25.2 Å². The SMILES string of the molecule is CNC(C)Cc1ccc(OCCN2CCCC2)cc1.CNC(C)Cc1ccc(OCCN2CCCC2)cc1.O.O=C(O)C(=O)O.O=C(O)C(=O)O.O=C(O)C(=O)O.O=C(O)C(=O)O. The summed E-state index contributed by atoms with van der Waals surface area (Å²) in [6.45, 7) is 13.1. The van der Waals surface area contributed by atoms with Gasteiger partial charge in [0.2, 0.25) is 0 Å². The molecule has 2 atom stereocenters. The highest BCUT2D eigenvalue weighted by Gasteiger charge is 2.12. The first-order valence-corrected chi connectivity index (χ1v) is 19.2. The van der Waals surface area contributed by atoms with E-state index in [2.05, 4.69) is 82.8 Å². The summed E-state index contributed by atoms with van der Waals surface area (Å²) in [5.74, 6) is -12.6. The van der Waals surface area contributed by atoms with Crippen LogP contribution in [0.15, 0.2) is 48.5 Å². The van der Waals surface area contributed by atoms with Gasteiger partial charge in [0.1, 0.15) is 24.7 Å². The molecular formula is C40H62N4O19. The van der Waals surface area contributed by atoms with Gasteiger partial charge in [-0.3, -0.25) is 9.80 Å². The highest BCUT2D eigenvalue weighted by atomic mass is 16.5. The van der Waals surface area contributed by atoms with E-state index in [1.54, 1.807) is 0 Å². The molecule has 0 saturated carbocycles. The number of carboxylic acid groups (broad SMARTS) is 8. The van der Waals surface area contributed by atoms with E-state index in [1.807, 2.05) is 14.1 Å². The second-order valence-electron chi connectivity index (χ2n) is 13.3. The van der Waals surface area contributed by atoms with Crippen LogP contribution in [0, 0.1) is 0 Å². The molecule has 2 heterocycles. The third kappa shape index (κ3) is 35.0. The summed E-state index contributed by atoms with van der Waals surface area (Å²) in [5, 5.41) is 65.6. The summed E-state index contributed by atoms with van der Waals surface area (Å²) >= 11 is 0. The summed E-state index contributed by atoms with van der Waals surface area (Å²) in [5.41, 5.74) is 2.71. The predicted molar refractivity (Wildman–Crippen MR) is 224 cm³/mol. The van der Waals surface area contributed by atoms with Crippen LogP contribution >= 0.6 is 0 Å². The minimum absolute atomic E-state index is 0. The summed E-state index contributed by atoms with van der Waals surface area (Å²) in [6.07, 6.45) is 7.50. The second-order valence-corrected chi connectivity index (χ2v) is 13.3. The van der Waals surface area contributed by atoms with E-state index in [0.29, 0.717) is 12.1 Å². The van der Waals surface area contributed by atoms with Gasteiger partial charge in [-0.15, -0.1) is 0 Å². The number of likely N-dealkylation sites (N-methyl/N-ethyl adjacent to an activating group) is 2. The number of ether oxygens (including phenoxy) is 2. The summed E-state index contributed by atoms with van der Waals surface area (Å²) in [4.78, 5) is 77.7.